The molecule has 2 aromatic carbocycles. The topological polar surface area (TPSA) is 64.9 Å². The highest BCUT2D eigenvalue weighted by atomic mass is 19.1. The van der Waals surface area contributed by atoms with Crippen LogP contribution in [-0.4, -0.2) is 10.1 Å². The Hall–Kier alpha value is -2.76. The van der Waals surface area contributed by atoms with Gasteiger partial charge < -0.3 is 10.3 Å². The zero-order valence-corrected chi connectivity index (χ0v) is 11.1. The molecule has 0 amide bonds. The maximum atomic E-state index is 13.2. The van der Waals surface area contributed by atoms with E-state index in [1.54, 1.807) is 12.1 Å². The van der Waals surface area contributed by atoms with E-state index in [-0.39, 0.29) is 17.3 Å². The number of hydrogen-bond acceptors (Lipinski definition) is 4. The molecule has 4 nitrogen and oxygen atoms in total. The van der Waals surface area contributed by atoms with Crippen molar-refractivity contribution in [2.45, 2.75) is 6.92 Å². The SMILES string of the molecule is Cc1ccc(N)cc1-c1nc(-c2cc(F)cc(F)c2)no1. The van der Waals surface area contributed by atoms with Crippen LogP contribution in [0.3, 0.4) is 0 Å². The molecule has 0 saturated heterocycles. The van der Waals surface area contributed by atoms with Gasteiger partial charge in [-0.25, -0.2) is 8.78 Å². The first-order valence-corrected chi connectivity index (χ1v) is 6.19. The van der Waals surface area contributed by atoms with Gasteiger partial charge in [-0.15, -0.1) is 0 Å². The van der Waals surface area contributed by atoms with Crippen LogP contribution in [0.25, 0.3) is 22.8 Å². The van der Waals surface area contributed by atoms with E-state index in [1.807, 2.05) is 13.0 Å². The lowest BCUT2D eigenvalue weighted by atomic mass is 10.1. The molecule has 0 aliphatic rings. The molecule has 0 saturated carbocycles. The van der Waals surface area contributed by atoms with E-state index in [4.69, 9.17) is 10.3 Å². The monoisotopic (exact) mass is 287 g/mol. The van der Waals surface area contributed by atoms with Gasteiger partial charge >= 0.3 is 0 Å². The first-order chi connectivity index (χ1) is 10.0. The summed E-state index contributed by atoms with van der Waals surface area (Å²) in [4.78, 5) is 4.17. The van der Waals surface area contributed by atoms with E-state index < -0.39 is 11.6 Å². The summed E-state index contributed by atoms with van der Waals surface area (Å²) in [6, 6.07) is 8.37. The van der Waals surface area contributed by atoms with E-state index in [2.05, 4.69) is 10.1 Å². The summed E-state index contributed by atoms with van der Waals surface area (Å²) in [5.41, 5.74) is 8.10. The fourth-order valence-corrected chi connectivity index (χ4v) is 2.00. The van der Waals surface area contributed by atoms with Crippen LogP contribution in [0, 0.1) is 18.6 Å². The number of nitrogens with two attached hydrogens (primary N) is 1. The lowest BCUT2D eigenvalue weighted by Gasteiger charge is -2.01. The summed E-state index contributed by atoms with van der Waals surface area (Å²) in [7, 11) is 0. The highest BCUT2D eigenvalue weighted by Gasteiger charge is 2.14. The minimum absolute atomic E-state index is 0.116. The Morgan fingerprint density at radius 1 is 1.05 bits per heavy atom. The van der Waals surface area contributed by atoms with E-state index in [1.165, 1.54) is 0 Å². The Balaban J connectivity index is 2.05. The van der Waals surface area contributed by atoms with E-state index in [9.17, 15) is 8.78 Å². The van der Waals surface area contributed by atoms with Gasteiger partial charge in [0, 0.05) is 22.9 Å². The molecule has 0 bridgehead atoms. The van der Waals surface area contributed by atoms with Crippen molar-refractivity contribution in [2.24, 2.45) is 0 Å². The van der Waals surface area contributed by atoms with Gasteiger partial charge in [0.05, 0.1) is 0 Å². The maximum absolute atomic E-state index is 13.2. The van der Waals surface area contributed by atoms with Crippen LogP contribution in [0.5, 0.6) is 0 Å². The molecule has 1 aromatic heterocycles. The number of aromatic nitrogens is 2. The van der Waals surface area contributed by atoms with Gasteiger partial charge in [0.25, 0.3) is 5.89 Å². The number of hydrogen-bond donors (Lipinski definition) is 1. The van der Waals surface area contributed by atoms with Crippen LogP contribution in [0.4, 0.5) is 14.5 Å². The van der Waals surface area contributed by atoms with Gasteiger partial charge in [0.15, 0.2) is 0 Å². The van der Waals surface area contributed by atoms with Crippen molar-refractivity contribution < 1.29 is 13.3 Å². The number of nitrogen functional groups attached to an aromatic ring is 1. The highest BCUT2D eigenvalue weighted by Crippen LogP contribution is 2.27. The second-order valence-corrected chi connectivity index (χ2v) is 4.66. The summed E-state index contributed by atoms with van der Waals surface area (Å²) in [5, 5.41) is 3.76. The lowest BCUT2D eigenvalue weighted by molar-refractivity contribution is 0.432. The molecule has 3 aromatic rings. The largest absolute Gasteiger partial charge is 0.399 e. The maximum Gasteiger partial charge on any atom is 0.258 e. The quantitative estimate of drug-likeness (QED) is 0.732. The molecule has 0 unspecified atom stereocenters. The Labute approximate surface area is 119 Å². The third-order valence-corrected chi connectivity index (χ3v) is 3.04. The predicted octanol–water partition coefficient (Wildman–Crippen LogP) is 3.57. The molecular formula is C15H11F2N3O. The number of halogens is 2. The molecule has 0 radical (unpaired) electrons. The summed E-state index contributed by atoms with van der Waals surface area (Å²) in [5.74, 6) is -1.03. The van der Waals surface area contributed by atoms with Crippen molar-refractivity contribution >= 4 is 5.69 Å². The molecule has 3 rings (SSSR count). The number of aryl methyl sites for hydroxylation is 1. The molecule has 0 spiro atoms. The van der Waals surface area contributed by atoms with Gasteiger partial charge in [0.2, 0.25) is 5.82 Å². The van der Waals surface area contributed by atoms with Gasteiger partial charge in [-0.2, -0.15) is 4.98 Å². The summed E-state index contributed by atoms with van der Waals surface area (Å²) in [6.45, 7) is 1.88. The average Bonchev–Trinajstić information content (AvgIpc) is 2.90. The van der Waals surface area contributed by atoms with Crippen LogP contribution in [0.2, 0.25) is 0 Å². The second-order valence-electron chi connectivity index (χ2n) is 4.66. The fraction of sp³-hybridized carbons (Fsp3) is 0.0667. The van der Waals surface area contributed by atoms with Crippen molar-refractivity contribution in [3.63, 3.8) is 0 Å². The van der Waals surface area contributed by atoms with Gasteiger partial charge in [0.1, 0.15) is 11.6 Å². The van der Waals surface area contributed by atoms with Crippen LogP contribution >= 0.6 is 0 Å². The number of rotatable bonds is 2. The van der Waals surface area contributed by atoms with Crippen LogP contribution in [0.1, 0.15) is 5.56 Å². The van der Waals surface area contributed by atoms with Crippen molar-refractivity contribution in [1.29, 1.82) is 0 Å². The van der Waals surface area contributed by atoms with Gasteiger partial charge in [-0.1, -0.05) is 11.2 Å². The van der Waals surface area contributed by atoms with Crippen molar-refractivity contribution in [2.75, 3.05) is 5.73 Å². The molecule has 1 heterocycles. The van der Waals surface area contributed by atoms with E-state index >= 15 is 0 Å². The highest BCUT2D eigenvalue weighted by molar-refractivity contribution is 5.66. The fourth-order valence-electron chi connectivity index (χ4n) is 2.00. The Morgan fingerprint density at radius 3 is 2.48 bits per heavy atom. The Morgan fingerprint density at radius 2 is 1.76 bits per heavy atom. The van der Waals surface area contributed by atoms with Crippen LogP contribution in [-0.2, 0) is 0 Å². The molecule has 6 heteroatoms. The average molecular weight is 287 g/mol. The van der Waals surface area contributed by atoms with Gasteiger partial charge in [-0.3, -0.25) is 0 Å². The molecule has 2 N–H and O–H groups in total. The molecule has 106 valence electrons. The smallest absolute Gasteiger partial charge is 0.258 e. The number of benzene rings is 2. The van der Waals surface area contributed by atoms with Crippen molar-refractivity contribution in [3.05, 3.63) is 53.6 Å². The van der Waals surface area contributed by atoms with Gasteiger partial charge in [-0.05, 0) is 36.8 Å². The second kappa shape index (κ2) is 4.97. The first kappa shape index (κ1) is 13.2. The molecular weight excluding hydrogens is 276 g/mol. The predicted molar refractivity (Wildman–Crippen MR) is 74.2 cm³/mol. The van der Waals surface area contributed by atoms with Crippen molar-refractivity contribution in [3.8, 4) is 22.8 Å². The molecule has 0 aliphatic heterocycles. The Bertz CT molecular complexity index is 794. The number of nitrogens with zero attached hydrogens (tertiary/aromatic N) is 2. The third-order valence-electron chi connectivity index (χ3n) is 3.04. The molecule has 0 aliphatic carbocycles. The van der Waals surface area contributed by atoms with E-state index in [0.717, 1.165) is 23.8 Å². The summed E-state index contributed by atoms with van der Waals surface area (Å²) in [6.07, 6.45) is 0. The molecule has 0 atom stereocenters. The third kappa shape index (κ3) is 2.60. The Kier molecular flexibility index (Phi) is 3.13. The van der Waals surface area contributed by atoms with E-state index in [0.29, 0.717) is 11.3 Å². The first-order valence-electron chi connectivity index (χ1n) is 6.19. The van der Waals surface area contributed by atoms with Crippen LogP contribution in [0.15, 0.2) is 40.9 Å². The van der Waals surface area contributed by atoms with Crippen LogP contribution < -0.4 is 5.73 Å². The lowest BCUT2D eigenvalue weighted by Crippen LogP contribution is -1.89. The molecule has 0 fully saturated rings. The standard InChI is InChI=1S/C15H11F2N3O/c1-8-2-3-12(18)7-13(8)15-19-14(20-21-15)9-4-10(16)6-11(17)5-9/h2-7H,18H2,1H3. The molecule has 21 heavy (non-hydrogen) atoms. The minimum Gasteiger partial charge on any atom is -0.399 e. The zero-order chi connectivity index (χ0) is 15.0. The van der Waals surface area contributed by atoms with Crippen molar-refractivity contribution in [1.82, 2.24) is 10.1 Å². The normalized spacial score (nSPS) is 10.8. The number of anilines is 1. The minimum atomic E-state index is -0.698. The zero-order valence-electron chi connectivity index (χ0n) is 11.1. The summed E-state index contributed by atoms with van der Waals surface area (Å²) >= 11 is 0. The summed E-state index contributed by atoms with van der Waals surface area (Å²) < 4.78 is 31.6.